The van der Waals surface area contributed by atoms with Gasteiger partial charge in [0.1, 0.15) is 0 Å². The van der Waals surface area contributed by atoms with Crippen LogP contribution in [0.2, 0.25) is 0 Å². The summed E-state index contributed by atoms with van der Waals surface area (Å²) in [5, 5.41) is 0. The highest BCUT2D eigenvalue weighted by molar-refractivity contribution is 7.93. The molecule has 0 aliphatic carbocycles. The molecule has 0 N–H and O–H groups in total. The number of nitrogens with zero attached hydrogens (tertiary/aromatic N) is 1. The summed E-state index contributed by atoms with van der Waals surface area (Å²) in [6.07, 6.45) is 1.60. The fraction of sp³-hybridized carbons (Fsp3) is 0.250. The van der Waals surface area contributed by atoms with E-state index < -0.39 is 10.0 Å². The molecule has 0 saturated carbocycles. The molecule has 2 aromatic carbocycles. The Morgan fingerprint density at radius 1 is 1.05 bits per heavy atom. The highest BCUT2D eigenvalue weighted by Crippen LogP contribution is 2.42. The Balaban J connectivity index is 1.95. The van der Waals surface area contributed by atoms with Crippen LogP contribution in [0.25, 0.3) is 0 Å². The number of hydrogen-bond donors (Lipinski definition) is 0. The summed E-state index contributed by atoms with van der Waals surface area (Å²) in [5.74, 6) is 0. The third-order valence-corrected chi connectivity index (χ3v) is 6.19. The Hall–Kier alpha value is -1.81. The molecule has 0 fully saturated rings. The number of fused-ring (bicyclic) bond motifs is 4. The number of benzene rings is 2. The molecule has 2 aliphatic heterocycles. The molecule has 102 valence electrons. The molecular formula is C16H15NO2S. The number of rotatable bonds is 0. The summed E-state index contributed by atoms with van der Waals surface area (Å²) >= 11 is 0. The summed E-state index contributed by atoms with van der Waals surface area (Å²) in [7, 11) is -3.42. The molecular weight excluding hydrogens is 270 g/mol. The SMILES string of the molecule is Cc1ccc2c(c1)CC1Cc3ccccc3N1S2(=O)=O. The number of sulfonamides is 1. The van der Waals surface area contributed by atoms with Crippen LogP contribution >= 0.6 is 0 Å². The van der Waals surface area contributed by atoms with Crippen LogP contribution in [0.5, 0.6) is 0 Å². The minimum absolute atomic E-state index is 0.0340. The Labute approximate surface area is 118 Å². The molecule has 4 heteroatoms. The van der Waals surface area contributed by atoms with Gasteiger partial charge in [-0.1, -0.05) is 35.9 Å². The average molecular weight is 285 g/mol. The van der Waals surface area contributed by atoms with E-state index in [2.05, 4.69) is 0 Å². The van der Waals surface area contributed by atoms with Crippen molar-refractivity contribution in [2.75, 3.05) is 4.31 Å². The monoisotopic (exact) mass is 285 g/mol. The zero-order valence-electron chi connectivity index (χ0n) is 11.2. The van der Waals surface area contributed by atoms with Gasteiger partial charge in [0.2, 0.25) is 0 Å². The van der Waals surface area contributed by atoms with Crippen molar-refractivity contribution in [3.63, 3.8) is 0 Å². The summed E-state index contributed by atoms with van der Waals surface area (Å²) < 4.78 is 27.4. The van der Waals surface area contributed by atoms with Crippen molar-refractivity contribution in [3.8, 4) is 0 Å². The van der Waals surface area contributed by atoms with Gasteiger partial charge in [0.25, 0.3) is 10.0 Å². The van der Waals surface area contributed by atoms with Gasteiger partial charge in [-0.25, -0.2) is 8.42 Å². The van der Waals surface area contributed by atoms with Crippen LogP contribution in [-0.2, 0) is 22.9 Å². The smallest absolute Gasteiger partial charge is 0.262 e. The first-order valence-corrected chi connectivity index (χ1v) is 8.23. The van der Waals surface area contributed by atoms with Crippen molar-refractivity contribution in [2.24, 2.45) is 0 Å². The van der Waals surface area contributed by atoms with E-state index in [1.54, 1.807) is 10.4 Å². The summed E-state index contributed by atoms with van der Waals surface area (Å²) in [4.78, 5) is 0.469. The maximum atomic E-state index is 12.9. The van der Waals surface area contributed by atoms with Gasteiger partial charge in [-0.15, -0.1) is 0 Å². The molecule has 3 nitrogen and oxygen atoms in total. The minimum atomic E-state index is -3.42. The first-order valence-electron chi connectivity index (χ1n) is 6.79. The zero-order chi connectivity index (χ0) is 13.9. The van der Waals surface area contributed by atoms with Crippen molar-refractivity contribution >= 4 is 15.7 Å². The third-order valence-electron chi connectivity index (χ3n) is 4.22. The van der Waals surface area contributed by atoms with E-state index in [9.17, 15) is 8.42 Å². The predicted molar refractivity (Wildman–Crippen MR) is 78.5 cm³/mol. The highest BCUT2D eigenvalue weighted by atomic mass is 32.2. The maximum absolute atomic E-state index is 12.9. The van der Waals surface area contributed by atoms with E-state index in [0.717, 1.165) is 35.2 Å². The lowest BCUT2D eigenvalue weighted by atomic mass is 10.0. The quantitative estimate of drug-likeness (QED) is 0.746. The number of hydrogen-bond acceptors (Lipinski definition) is 2. The lowest BCUT2D eigenvalue weighted by molar-refractivity contribution is 0.564. The molecule has 0 amide bonds. The minimum Gasteiger partial charge on any atom is -0.262 e. The van der Waals surface area contributed by atoms with Crippen molar-refractivity contribution in [1.82, 2.24) is 0 Å². The molecule has 4 rings (SSSR count). The fourth-order valence-corrected chi connectivity index (χ4v) is 5.30. The van der Waals surface area contributed by atoms with Crippen LogP contribution in [0.4, 0.5) is 5.69 Å². The van der Waals surface area contributed by atoms with Crippen molar-refractivity contribution in [3.05, 3.63) is 59.2 Å². The third kappa shape index (κ3) is 1.48. The molecule has 0 saturated heterocycles. The highest BCUT2D eigenvalue weighted by Gasteiger charge is 2.42. The topological polar surface area (TPSA) is 37.4 Å². The molecule has 2 aliphatic rings. The Morgan fingerprint density at radius 3 is 2.65 bits per heavy atom. The zero-order valence-corrected chi connectivity index (χ0v) is 12.0. The van der Waals surface area contributed by atoms with E-state index in [1.807, 2.05) is 43.3 Å². The second-order valence-corrected chi connectivity index (χ2v) is 7.39. The van der Waals surface area contributed by atoms with Gasteiger partial charge in [-0.05, 0) is 43.0 Å². The number of aryl methyl sites for hydroxylation is 1. The second-order valence-electron chi connectivity index (χ2n) is 5.60. The first-order chi connectivity index (χ1) is 9.57. The van der Waals surface area contributed by atoms with Gasteiger partial charge in [0, 0.05) is 0 Å². The van der Waals surface area contributed by atoms with E-state index in [4.69, 9.17) is 0 Å². The summed E-state index contributed by atoms with van der Waals surface area (Å²) in [5.41, 5.74) is 4.05. The average Bonchev–Trinajstić information content (AvgIpc) is 2.76. The van der Waals surface area contributed by atoms with E-state index >= 15 is 0 Å². The van der Waals surface area contributed by atoms with E-state index in [0.29, 0.717) is 4.90 Å². The van der Waals surface area contributed by atoms with E-state index in [1.165, 1.54) is 0 Å². The predicted octanol–water partition coefficient (Wildman–Crippen LogP) is 2.67. The van der Waals surface area contributed by atoms with Gasteiger partial charge in [0.15, 0.2) is 0 Å². The maximum Gasteiger partial charge on any atom is 0.264 e. The van der Waals surface area contributed by atoms with Crippen molar-refractivity contribution in [1.29, 1.82) is 0 Å². The van der Waals surface area contributed by atoms with Crippen LogP contribution in [0.15, 0.2) is 47.4 Å². The molecule has 1 atom stereocenters. The van der Waals surface area contributed by atoms with Crippen LogP contribution in [0, 0.1) is 6.92 Å². The lowest BCUT2D eigenvalue weighted by Crippen LogP contribution is -2.43. The molecule has 0 aromatic heterocycles. The summed E-state index contributed by atoms with van der Waals surface area (Å²) in [6.45, 7) is 2.00. The fourth-order valence-electron chi connectivity index (χ4n) is 3.39. The normalized spacial score (nSPS) is 22.1. The van der Waals surface area contributed by atoms with Gasteiger partial charge in [-0.3, -0.25) is 4.31 Å². The number of para-hydroxylation sites is 1. The standard InChI is InChI=1S/C16H15NO2S/c1-11-6-7-16-13(8-11)10-14-9-12-4-2-3-5-15(12)17(14)20(16,18)19/h2-8,14H,9-10H2,1H3. The van der Waals surface area contributed by atoms with Crippen LogP contribution in [0.3, 0.4) is 0 Å². The molecule has 1 unspecified atom stereocenters. The largest absolute Gasteiger partial charge is 0.264 e. The van der Waals surface area contributed by atoms with E-state index in [-0.39, 0.29) is 6.04 Å². The second kappa shape index (κ2) is 3.85. The Bertz CT molecular complexity index is 811. The van der Waals surface area contributed by atoms with Gasteiger partial charge in [0.05, 0.1) is 16.6 Å². The van der Waals surface area contributed by atoms with Gasteiger partial charge in [-0.2, -0.15) is 0 Å². The van der Waals surface area contributed by atoms with Crippen molar-refractivity contribution in [2.45, 2.75) is 30.7 Å². The molecule has 0 bridgehead atoms. The first kappa shape index (κ1) is 12.0. The number of anilines is 1. The molecule has 0 spiro atoms. The molecule has 0 radical (unpaired) electrons. The molecule has 20 heavy (non-hydrogen) atoms. The van der Waals surface area contributed by atoms with Gasteiger partial charge >= 0.3 is 0 Å². The van der Waals surface area contributed by atoms with Gasteiger partial charge < -0.3 is 0 Å². The van der Waals surface area contributed by atoms with Crippen LogP contribution < -0.4 is 4.31 Å². The van der Waals surface area contributed by atoms with Crippen LogP contribution in [0.1, 0.15) is 16.7 Å². The molecule has 2 aromatic rings. The van der Waals surface area contributed by atoms with Crippen LogP contribution in [-0.4, -0.2) is 14.5 Å². The van der Waals surface area contributed by atoms with Crippen molar-refractivity contribution < 1.29 is 8.42 Å². The molecule has 2 heterocycles. The Kier molecular flexibility index (Phi) is 2.31. The Morgan fingerprint density at radius 2 is 1.80 bits per heavy atom. The lowest BCUT2D eigenvalue weighted by Gasteiger charge is -2.33. The summed E-state index contributed by atoms with van der Waals surface area (Å²) in [6, 6.07) is 13.5.